The molecule has 7 heteroatoms. The van der Waals surface area contributed by atoms with Gasteiger partial charge in [-0.1, -0.05) is 5.16 Å². The third-order valence-corrected chi connectivity index (χ3v) is 4.65. The number of rotatable bonds is 5. The van der Waals surface area contributed by atoms with Crippen LogP contribution in [0.25, 0.3) is 11.4 Å². The van der Waals surface area contributed by atoms with Crippen LogP contribution in [0, 0.1) is 0 Å². The fraction of sp³-hybridized carbons (Fsp3) is 0.250. The molecule has 1 atom stereocenters. The van der Waals surface area contributed by atoms with Gasteiger partial charge in [0, 0.05) is 24.2 Å². The predicted octanol–water partition coefficient (Wildman–Crippen LogP) is 3.27. The molecule has 0 saturated carbocycles. The van der Waals surface area contributed by atoms with Gasteiger partial charge in [0.05, 0.1) is 20.1 Å². The number of hydrogen-bond donors (Lipinski definition) is 0. The first-order valence-electron chi connectivity index (χ1n) is 8.60. The van der Waals surface area contributed by atoms with Gasteiger partial charge < -0.3 is 18.9 Å². The van der Waals surface area contributed by atoms with E-state index in [0.717, 1.165) is 22.7 Å². The molecule has 0 aliphatic carbocycles. The summed E-state index contributed by atoms with van der Waals surface area (Å²) in [6.45, 7) is 0.509. The van der Waals surface area contributed by atoms with Crippen LogP contribution >= 0.6 is 0 Å². The van der Waals surface area contributed by atoms with E-state index >= 15 is 0 Å². The van der Waals surface area contributed by atoms with Crippen LogP contribution in [0.3, 0.4) is 0 Å². The highest BCUT2D eigenvalue weighted by Crippen LogP contribution is 2.32. The van der Waals surface area contributed by atoms with Crippen LogP contribution in [0.5, 0.6) is 11.5 Å². The molecule has 0 spiro atoms. The van der Waals surface area contributed by atoms with Gasteiger partial charge in [-0.05, 0) is 48.5 Å². The van der Waals surface area contributed by atoms with E-state index in [-0.39, 0.29) is 11.8 Å². The highest BCUT2D eigenvalue weighted by Gasteiger charge is 2.35. The van der Waals surface area contributed by atoms with E-state index in [1.165, 1.54) is 0 Å². The lowest BCUT2D eigenvalue weighted by Crippen LogP contribution is -2.24. The van der Waals surface area contributed by atoms with E-state index in [2.05, 4.69) is 10.1 Å². The molecule has 0 N–H and O–H groups in total. The monoisotopic (exact) mass is 365 g/mol. The first kappa shape index (κ1) is 17.1. The van der Waals surface area contributed by atoms with Crippen molar-refractivity contribution >= 4 is 11.6 Å². The maximum absolute atomic E-state index is 12.5. The van der Waals surface area contributed by atoms with Crippen LogP contribution in [0.4, 0.5) is 5.69 Å². The average Bonchev–Trinajstić information content (AvgIpc) is 3.35. The normalized spacial score (nSPS) is 16.6. The summed E-state index contributed by atoms with van der Waals surface area (Å²) in [4.78, 5) is 18.7. The van der Waals surface area contributed by atoms with Crippen LogP contribution in [0.15, 0.2) is 53.1 Å². The molecule has 1 aliphatic heterocycles. The highest BCUT2D eigenvalue weighted by molar-refractivity contribution is 5.96. The Balaban J connectivity index is 1.51. The topological polar surface area (TPSA) is 77.7 Å². The van der Waals surface area contributed by atoms with Gasteiger partial charge in [0.1, 0.15) is 11.5 Å². The second-order valence-corrected chi connectivity index (χ2v) is 6.29. The number of aromatic nitrogens is 2. The minimum Gasteiger partial charge on any atom is -0.497 e. The largest absolute Gasteiger partial charge is 0.497 e. The third-order valence-electron chi connectivity index (χ3n) is 4.65. The van der Waals surface area contributed by atoms with Gasteiger partial charge in [0.25, 0.3) is 0 Å². The fourth-order valence-corrected chi connectivity index (χ4v) is 3.14. The molecule has 1 saturated heterocycles. The minimum absolute atomic E-state index is 0.0364. The molecule has 0 bridgehead atoms. The SMILES string of the molecule is COc1ccc(-c2noc([C@@H]3CC(=O)N(c4ccc(OC)cc4)C3)n2)cc1. The van der Waals surface area contributed by atoms with Gasteiger partial charge in [-0.25, -0.2) is 0 Å². The fourth-order valence-electron chi connectivity index (χ4n) is 3.14. The Bertz CT molecular complexity index is 935. The predicted molar refractivity (Wildman–Crippen MR) is 99.0 cm³/mol. The molecule has 4 rings (SSSR count). The molecule has 1 fully saturated rings. The lowest BCUT2D eigenvalue weighted by atomic mass is 10.1. The Labute approximate surface area is 156 Å². The lowest BCUT2D eigenvalue weighted by Gasteiger charge is -2.16. The van der Waals surface area contributed by atoms with E-state index < -0.39 is 0 Å². The summed E-state index contributed by atoms with van der Waals surface area (Å²) in [5.74, 6) is 2.41. The maximum atomic E-state index is 12.5. The van der Waals surface area contributed by atoms with Crippen LogP contribution in [0.1, 0.15) is 18.2 Å². The van der Waals surface area contributed by atoms with Crippen LogP contribution in [0.2, 0.25) is 0 Å². The van der Waals surface area contributed by atoms with Gasteiger partial charge in [-0.15, -0.1) is 0 Å². The molecular formula is C20H19N3O4. The number of anilines is 1. The zero-order chi connectivity index (χ0) is 18.8. The molecule has 1 amide bonds. The zero-order valence-corrected chi connectivity index (χ0v) is 15.1. The molecule has 3 aromatic rings. The van der Waals surface area contributed by atoms with Crippen molar-refractivity contribution in [1.82, 2.24) is 10.1 Å². The van der Waals surface area contributed by atoms with E-state index in [0.29, 0.717) is 24.7 Å². The number of amides is 1. The molecule has 2 aromatic carbocycles. The van der Waals surface area contributed by atoms with Crippen molar-refractivity contribution < 1.29 is 18.8 Å². The number of ether oxygens (including phenoxy) is 2. The van der Waals surface area contributed by atoms with Crippen molar-refractivity contribution in [2.75, 3.05) is 25.7 Å². The van der Waals surface area contributed by atoms with E-state index in [4.69, 9.17) is 14.0 Å². The molecule has 0 unspecified atom stereocenters. The van der Waals surface area contributed by atoms with Crippen LogP contribution < -0.4 is 14.4 Å². The van der Waals surface area contributed by atoms with Crippen molar-refractivity contribution in [3.8, 4) is 22.9 Å². The molecule has 7 nitrogen and oxygen atoms in total. The number of nitrogens with zero attached hydrogens (tertiary/aromatic N) is 3. The quantitative estimate of drug-likeness (QED) is 0.691. The summed E-state index contributed by atoms with van der Waals surface area (Å²) in [6, 6.07) is 14.8. The van der Waals surface area contributed by atoms with Gasteiger partial charge in [0.15, 0.2) is 0 Å². The number of carbonyl (C=O) groups is 1. The maximum Gasteiger partial charge on any atom is 0.232 e. The summed E-state index contributed by atoms with van der Waals surface area (Å²) in [7, 11) is 3.23. The zero-order valence-electron chi connectivity index (χ0n) is 15.1. The van der Waals surface area contributed by atoms with Gasteiger partial charge in [-0.3, -0.25) is 4.79 Å². The van der Waals surface area contributed by atoms with Crippen molar-refractivity contribution in [3.05, 3.63) is 54.4 Å². The van der Waals surface area contributed by atoms with Gasteiger partial charge >= 0.3 is 0 Å². The Morgan fingerprint density at radius 3 is 2.26 bits per heavy atom. The van der Waals surface area contributed by atoms with Crippen molar-refractivity contribution in [1.29, 1.82) is 0 Å². The molecule has 1 aliphatic rings. The van der Waals surface area contributed by atoms with E-state index in [9.17, 15) is 4.79 Å². The van der Waals surface area contributed by atoms with E-state index in [1.807, 2.05) is 48.5 Å². The van der Waals surface area contributed by atoms with Gasteiger partial charge in [0.2, 0.25) is 17.6 Å². The Morgan fingerprint density at radius 2 is 1.63 bits per heavy atom. The second kappa shape index (κ2) is 7.11. The van der Waals surface area contributed by atoms with E-state index in [1.54, 1.807) is 19.1 Å². The Kier molecular flexibility index (Phi) is 4.50. The highest BCUT2D eigenvalue weighted by atomic mass is 16.5. The number of carbonyl (C=O) groups excluding carboxylic acids is 1. The van der Waals surface area contributed by atoms with Crippen molar-refractivity contribution in [3.63, 3.8) is 0 Å². The van der Waals surface area contributed by atoms with Crippen molar-refractivity contribution in [2.24, 2.45) is 0 Å². The Morgan fingerprint density at radius 1 is 1.00 bits per heavy atom. The average molecular weight is 365 g/mol. The van der Waals surface area contributed by atoms with Gasteiger partial charge in [-0.2, -0.15) is 4.98 Å². The number of benzene rings is 2. The van der Waals surface area contributed by atoms with Crippen LogP contribution in [-0.2, 0) is 4.79 Å². The molecule has 2 heterocycles. The standard InChI is InChI=1S/C20H19N3O4/c1-25-16-7-3-13(4-8-16)19-21-20(27-22-19)14-11-18(24)23(12-14)15-5-9-17(26-2)10-6-15/h3-10,14H,11-12H2,1-2H3/t14-/m1/s1. The Hall–Kier alpha value is -3.35. The summed E-state index contributed by atoms with van der Waals surface area (Å²) in [6.07, 6.45) is 0.344. The summed E-state index contributed by atoms with van der Waals surface area (Å²) in [5.41, 5.74) is 1.67. The number of hydrogen-bond acceptors (Lipinski definition) is 6. The molecule has 138 valence electrons. The summed E-state index contributed by atoms with van der Waals surface area (Å²) in [5, 5.41) is 4.06. The summed E-state index contributed by atoms with van der Waals surface area (Å²) < 4.78 is 15.8. The summed E-state index contributed by atoms with van der Waals surface area (Å²) >= 11 is 0. The van der Waals surface area contributed by atoms with Crippen LogP contribution in [-0.4, -0.2) is 36.8 Å². The molecular weight excluding hydrogens is 346 g/mol. The molecule has 0 radical (unpaired) electrons. The third kappa shape index (κ3) is 3.36. The first-order valence-corrected chi connectivity index (χ1v) is 8.60. The molecule has 1 aromatic heterocycles. The number of methoxy groups -OCH3 is 2. The minimum atomic E-state index is -0.126. The second-order valence-electron chi connectivity index (χ2n) is 6.29. The van der Waals surface area contributed by atoms with Crippen molar-refractivity contribution in [2.45, 2.75) is 12.3 Å². The molecule has 27 heavy (non-hydrogen) atoms. The first-order chi connectivity index (χ1) is 13.2. The smallest absolute Gasteiger partial charge is 0.232 e. The lowest BCUT2D eigenvalue weighted by molar-refractivity contribution is -0.117.